The third-order valence-corrected chi connectivity index (χ3v) is 6.96. The summed E-state index contributed by atoms with van der Waals surface area (Å²) in [5.41, 5.74) is 5.13. The first-order valence-corrected chi connectivity index (χ1v) is 12.2. The molecule has 1 unspecified atom stereocenters. The van der Waals surface area contributed by atoms with Crippen molar-refractivity contribution in [3.63, 3.8) is 0 Å². The van der Waals surface area contributed by atoms with Crippen molar-refractivity contribution in [2.24, 2.45) is 21.1 Å². The molecular weight excluding hydrogens is 478 g/mol. The van der Waals surface area contributed by atoms with E-state index < -0.39 is 60.8 Å². The average molecular weight is 495 g/mol. The van der Waals surface area contributed by atoms with Gasteiger partial charge in [-0.3, -0.25) is 14.1 Å². The Kier molecular flexibility index (Phi) is 6.68. The van der Waals surface area contributed by atoms with Crippen LogP contribution in [0.1, 0.15) is 0 Å². The number of hydrogen-bond donors (Lipinski definition) is 3. The number of nitrogens with two attached hydrogens (primary N) is 1. The third kappa shape index (κ3) is 5.28. The third-order valence-electron chi connectivity index (χ3n) is 4.39. The van der Waals surface area contributed by atoms with Crippen LogP contribution in [0.15, 0.2) is 73.7 Å². The molecule has 4 N–H and O–H groups in total. The van der Waals surface area contributed by atoms with Crippen LogP contribution in [0.4, 0.5) is 11.4 Å². The summed E-state index contributed by atoms with van der Waals surface area (Å²) in [6, 6.07) is 8.12. The number of aliphatic hydroxyl groups excluding tert-OH is 1. The van der Waals surface area contributed by atoms with Gasteiger partial charge >= 0.3 is 0 Å². The summed E-state index contributed by atoms with van der Waals surface area (Å²) in [5, 5.41) is 21.1. The van der Waals surface area contributed by atoms with Gasteiger partial charge in [-0.1, -0.05) is 0 Å². The smallest absolute Gasteiger partial charge is 0.294 e. The van der Waals surface area contributed by atoms with E-state index in [4.69, 9.17) is 15.4 Å². The molecule has 1 atom stereocenters. The number of benzene rings is 2. The largest absolute Gasteiger partial charge is 0.395 e. The summed E-state index contributed by atoms with van der Waals surface area (Å²) in [6.07, 6.45) is 0. The molecule has 1 heterocycles. The van der Waals surface area contributed by atoms with E-state index in [0.717, 1.165) is 17.1 Å². The van der Waals surface area contributed by atoms with Gasteiger partial charge in [0.1, 0.15) is 0 Å². The fourth-order valence-corrected chi connectivity index (χ4v) is 4.27. The number of amides is 2. The molecule has 0 fully saturated rings. The van der Waals surface area contributed by atoms with Crippen LogP contribution in [-0.2, 0) is 29.5 Å². The van der Waals surface area contributed by atoms with Crippen molar-refractivity contribution < 1.29 is 36.1 Å². The topological polar surface area (TPSA) is 209 Å². The first-order chi connectivity index (χ1) is 15.4. The molecular formula is C18H17N5O8S2. The maximum absolute atomic E-state index is 12.8. The quantitative estimate of drug-likeness (QED) is 0.335. The summed E-state index contributed by atoms with van der Waals surface area (Å²) in [7, 11) is -8.10. The highest BCUT2D eigenvalue weighted by atomic mass is 32.2. The van der Waals surface area contributed by atoms with E-state index in [-0.39, 0.29) is 16.3 Å². The molecule has 0 bridgehead atoms. The molecule has 0 spiro atoms. The predicted octanol–water partition coefficient (Wildman–Crippen LogP) is 0.0397. The lowest BCUT2D eigenvalue weighted by Crippen LogP contribution is -2.35. The lowest BCUT2D eigenvalue weighted by molar-refractivity contribution is -0.118. The monoisotopic (exact) mass is 495 g/mol. The van der Waals surface area contributed by atoms with Gasteiger partial charge in [0, 0.05) is 0 Å². The minimum Gasteiger partial charge on any atom is -0.395 e. The highest BCUT2D eigenvalue weighted by molar-refractivity contribution is 7.91. The number of primary amides is 1. The normalized spacial score (nSPS) is 16.9. The van der Waals surface area contributed by atoms with Crippen molar-refractivity contribution in [3.05, 3.63) is 48.5 Å². The molecule has 0 aliphatic carbocycles. The highest BCUT2D eigenvalue weighted by Gasteiger charge is 2.40. The van der Waals surface area contributed by atoms with Gasteiger partial charge < -0.3 is 10.8 Å². The molecule has 15 heteroatoms. The SMILES string of the molecule is NC(=O)C1=NN(c2ccc(S(=O)(=O)O)cc2)C(=O)C1N=Nc1ccc(S(=O)(=O)CCO)cc1. The van der Waals surface area contributed by atoms with Crippen LogP contribution in [0.2, 0.25) is 0 Å². The highest BCUT2D eigenvalue weighted by Crippen LogP contribution is 2.25. The van der Waals surface area contributed by atoms with Gasteiger partial charge in [-0.2, -0.15) is 28.8 Å². The Morgan fingerprint density at radius 1 is 1.03 bits per heavy atom. The Morgan fingerprint density at radius 3 is 2.12 bits per heavy atom. The fraction of sp³-hybridized carbons (Fsp3) is 0.167. The second-order valence-electron chi connectivity index (χ2n) is 6.62. The van der Waals surface area contributed by atoms with E-state index in [9.17, 15) is 26.4 Å². The number of sulfone groups is 1. The Hall–Kier alpha value is -3.53. The fourth-order valence-electron chi connectivity index (χ4n) is 2.76. The molecule has 1 aliphatic heterocycles. The van der Waals surface area contributed by atoms with Gasteiger partial charge in [-0.25, -0.2) is 8.42 Å². The van der Waals surface area contributed by atoms with Crippen molar-refractivity contribution in [2.45, 2.75) is 15.8 Å². The number of rotatable bonds is 8. The first kappa shape index (κ1) is 24.1. The van der Waals surface area contributed by atoms with Crippen molar-refractivity contribution in [1.29, 1.82) is 0 Å². The standard InChI is InChI=1S/C18H17N5O8S2/c19-17(25)15-16(21-20-11-1-5-13(6-2-11)32(27,28)10-9-24)18(26)23(22-15)12-3-7-14(8-4-12)33(29,30)31/h1-8,16,24H,9-10H2,(H2,19,25)(H,29,30,31). The Balaban J connectivity index is 1.85. The van der Waals surface area contributed by atoms with E-state index in [1.165, 1.54) is 36.4 Å². The molecule has 0 radical (unpaired) electrons. The number of nitrogens with zero attached hydrogens (tertiary/aromatic N) is 4. The van der Waals surface area contributed by atoms with E-state index in [1.54, 1.807) is 0 Å². The van der Waals surface area contributed by atoms with Crippen molar-refractivity contribution in [3.8, 4) is 0 Å². The molecule has 0 saturated heterocycles. The van der Waals surface area contributed by atoms with Gasteiger partial charge in [0.2, 0.25) is 6.04 Å². The second kappa shape index (κ2) is 9.14. The van der Waals surface area contributed by atoms with Crippen LogP contribution in [0.3, 0.4) is 0 Å². The number of carbonyl (C=O) groups is 2. The van der Waals surface area contributed by atoms with Gasteiger partial charge in [0.25, 0.3) is 21.9 Å². The van der Waals surface area contributed by atoms with E-state index in [0.29, 0.717) is 0 Å². The van der Waals surface area contributed by atoms with Crippen LogP contribution in [0.25, 0.3) is 0 Å². The van der Waals surface area contributed by atoms with Gasteiger partial charge in [-0.15, -0.1) is 0 Å². The molecule has 33 heavy (non-hydrogen) atoms. The first-order valence-electron chi connectivity index (χ1n) is 9.08. The molecule has 2 aromatic carbocycles. The van der Waals surface area contributed by atoms with Gasteiger partial charge in [0.05, 0.1) is 33.5 Å². The Labute approximate surface area is 187 Å². The maximum Gasteiger partial charge on any atom is 0.294 e. The molecule has 174 valence electrons. The second-order valence-corrected chi connectivity index (χ2v) is 10.2. The molecule has 3 rings (SSSR count). The van der Waals surface area contributed by atoms with E-state index in [2.05, 4.69) is 15.3 Å². The zero-order valence-electron chi connectivity index (χ0n) is 16.6. The zero-order chi connectivity index (χ0) is 24.4. The van der Waals surface area contributed by atoms with Crippen LogP contribution in [0, 0.1) is 0 Å². The van der Waals surface area contributed by atoms with Crippen molar-refractivity contribution in [2.75, 3.05) is 17.4 Å². The van der Waals surface area contributed by atoms with Crippen LogP contribution >= 0.6 is 0 Å². The Morgan fingerprint density at radius 2 is 1.61 bits per heavy atom. The minimum absolute atomic E-state index is 0.0358. The lowest BCUT2D eigenvalue weighted by Gasteiger charge is -2.12. The van der Waals surface area contributed by atoms with Gasteiger partial charge in [-0.05, 0) is 48.5 Å². The number of hydrazone groups is 1. The van der Waals surface area contributed by atoms with E-state index >= 15 is 0 Å². The maximum atomic E-state index is 12.8. The lowest BCUT2D eigenvalue weighted by atomic mass is 10.2. The van der Waals surface area contributed by atoms with Gasteiger partial charge in [0.15, 0.2) is 15.5 Å². The molecule has 0 aromatic heterocycles. The average Bonchev–Trinajstić information content (AvgIpc) is 3.08. The molecule has 13 nitrogen and oxygen atoms in total. The number of carbonyl (C=O) groups excluding carboxylic acids is 2. The molecule has 2 aromatic rings. The number of anilines is 1. The number of aliphatic hydroxyl groups is 1. The van der Waals surface area contributed by atoms with E-state index in [1.807, 2.05) is 0 Å². The summed E-state index contributed by atoms with van der Waals surface area (Å²) in [5.74, 6) is -2.27. The summed E-state index contributed by atoms with van der Waals surface area (Å²) in [4.78, 5) is 24.1. The Bertz CT molecular complexity index is 1350. The predicted molar refractivity (Wildman–Crippen MR) is 114 cm³/mol. The van der Waals surface area contributed by atoms with Crippen LogP contribution in [-0.4, -0.2) is 62.4 Å². The summed E-state index contributed by atoms with van der Waals surface area (Å²) in [6.45, 7) is -0.530. The minimum atomic E-state index is -4.44. The van der Waals surface area contributed by atoms with Crippen molar-refractivity contribution >= 4 is 48.9 Å². The molecule has 2 amide bonds. The molecule has 1 aliphatic rings. The summed E-state index contributed by atoms with van der Waals surface area (Å²) < 4.78 is 55.3. The molecule has 0 saturated carbocycles. The number of hydrogen-bond acceptors (Lipinski definition) is 10. The van der Waals surface area contributed by atoms with Crippen LogP contribution in [0.5, 0.6) is 0 Å². The van der Waals surface area contributed by atoms with Crippen molar-refractivity contribution in [1.82, 2.24) is 0 Å². The summed E-state index contributed by atoms with van der Waals surface area (Å²) >= 11 is 0. The van der Waals surface area contributed by atoms with Crippen LogP contribution < -0.4 is 10.7 Å². The number of azo groups is 1. The zero-order valence-corrected chi connectivity index (χ0v) is 18.3.